The monoisotopic (exact) mass is 399 g/mol. The smallest absolute Gasteiger partial charge is 0.420 e. The minimum atomic E-state index is -4.95. The van der Waals surface area contributed by atoms with E-state index < -0.39 is 51.1 Å². The third-order valence-electron chi connectivity index (χ3n) is 5.24. The summed E-state index contributed by atoms with van der Waals surface area (Å²) in [7, 11) is 0. The molecule has 1 saturated carbocycles. The molecule has 0 amide bonds. The van der Waals surface area contributed by atoms with E-state index in [9.17, 15) is 32.3 Å². The van der Waals surface area contributed by atoms with Crippen LogP contribution in [0.3, 0.4) is 0 Å². The van der Waals surface area contributed by atoms with Crippen LogP contribution in [0.5, 0.6) is 0 Å². The van der Waals surface area contributed by atoms with Gasteiger partial charge in [0, 0.05) is 31.4 Å². The first-order valence-corrected chi connectivity index (χ1v) is 8.82. The summed E-state index contributed by atoms with van der Waals surface area (Å²) in [5.74, 6) is -2.78. The maximum absolute atomic E-state index is 14.9. The molecule has 1 unspecified atom stereocenters. The molecule has 2 aliphatic rings. The van der Waals surface area contributed by atoms with Gasteiger partial charge in [0.2, 0.25) is 5.43 Å². The van der Waals surface area contributed by atoms with Gasteiger partial charge in [0.25, 0.3) is 0 Å². The van der Waals surface area contributed by atoms with Gasteiger partial charge in [-0.1, -0.05) is 0 Å². The van der Waals surface area contributed by atoms with E-state index in [1.807, 2.05) is 0 Å². The Hall–Kier alpha value is -2.62. The molecule has 28 heavy (non-hydrogen) atoms. The van der Waals surface area contributed by atoms with Crippen LogP contribution in [0.1, 0.15) is 41.2 Å². The van der Waals surface area contributed by atoms with E-state index in [0.29, 0.717) is 19.3 Å². The second kappa shape index (κ2) is 6.20. The largest absolute Gasteiger partial charge is 0.477 e. The molecule has 1 atom stereocenters. The van der Waals surface area contributed by atoms with E-state index in [4.69, 9.17) is 5.73 Å². The van der Waals surface area contributed by atoms with E-state index in [-0.39, 0.29) is 25.2 Å². The van der Waals surface area contributed by atoms with E-state index in [1.165, 1.54) is 9.47 Å². The van der Waals surface area contributed by atoms with Crippen LogP contribution in [0.2, 0.25) is 0 Å². The average Bonchev–Trinajstić information content (AvgIpc) is 3.34. The summed E-state index contributed by atoms with van der Waals surface area (Å²) in [6.07, 6.45) is -2.49. The first-order chi connectivity index (χ1) is 13.1. The van der Waals surface area contributed by atoms with Gasteiger partial charge in [-0.05, 0) is 25.3 Å². The van der Waals surface area contributed by atoms with Crippen LogP contribution in [0.15, 0.2) is 17.1 Å². The third kappa shape index (κ3) is 2.92. The van der Waals surface area contributed by atoms with Crippen LogP contribution in [-0.4, -0.2) is 34.8 Å². The lowest BCUT2D eigenvalue weighted by Gasteiger charge is -2.26. The summed E-state index contributed by atoms with van der Waals surface area (Å²) in [4.78, 5) is 25.2. The number of rotatable bonds is 3. The molecular formula is C18H17F4N3O3. The number of nitrogens with zero attached hydrogens (tertiary/aromatic N) is 2. The Morgan fingerprint density at radius 2 is 1.93 bits per heavy atom. The molecule has 1 aromatic carbocycles. The molecule has 150 valence electrons. The highest BCUT2D eigenvalue weighted by atomic mass is 19.4. The number of anilines is 1. The second-order valence-electron chi connectivity index (χ2n) is 7.29. The first-order valence-electron chi connectivity index (χ1n) is 8.82. The molecule has 1 aromatic heterocycles. The summed E-state index contributed by atoms with van der Waals surface area (Å²) in [6.45, 7) is 0.222. The predicted octanol–water partition coefficient (Wildman–Crippen LogP) is 2.73. The Morgan fingerprint density at radius 3 is 2.43 bits per heavy atom. The number of nitrogens with two attached hydrogens (primary N) is 1. The van der Waals surface area contributed by atoms with Gasteiger partial charge in [-0.25, -0.2) is 9.18 Å². The molecule has 4 rings (SSSR count). The quantitative estimate of drug-likeness (QED) is 0.775. The molecule has 1 saturated heterocycles. The average molecular weight is 399 g/mol. The fraction of sp³-hybridized carbons (Fsp3) is 0.444. The first kappa shape index (κ1) is 18.7. The highest BCUT2D eigenvalue weighted by Crippen LogP contribution is 2.46. The predicted molar refractivity (Wildman–Crippen MR) is 93.2 cm³/mol. The number of aromatic nitrogens is 1. The minimum Gasteiger partial charge on any atom is -0.477 e. The van der Waals surface area contributed by atoms with Crippen molar-refractivity contribution in [2.75, 3.05) is 18.0 Å². The van der Waals surface area contributed by atoms with Gasteiger partial charge in [0.1, 0.15) is 16.9 Å². The Bertz CT molecular complexity index is 1040. The van der Waals surface area contributed by atoms with E-state index >= 15 is 0 Å². The molecular weight excluding hydrogens is 382 g/mol. The van der Waals surface area contributed by atoms with Crippen molar-refractivity contribution in [3.63, 3.8) is 0 Å². The molecule has 1 aliphatic carbocycles. The highest BCUT2D eigenvalue weighted by Gasteiger charge is 2.42. The van der Waals surface area contributed by atoms with E-state index in [0.717, 1.165) is 12.3 Å². The van der Waals surface area contributed by atoms with Gasteiger partial charge in [0.15, 0.2) is 0 Å². The van der Waals surface area contributed by atoms with E-state index in [2.05, 4.69) is 0 Å². The molecule has 1 aliphatic heterocycles. The molecule has 2 aromatic rings. The highest BCUT2D eigenvalue weighted by molar-refractivity contribution is 5.95. The van der Waals surface area contributed by atoms with Crippen molar-refractivity contribution in [2.24, 2.45) is 5.73 Å². The SMILES string of the molecule is NC1CCN(c2c(F)cc3c(=O)c(C(=O)O)cn(C4CC4)c3c2C(F)(F)F)C1. The fourth-order valence-corrected chi connectivity index (χ4v) is 3.84. The fourth-order valence-electron chi connectivity index (χ4n) is 3.84. The number of pyridine rings is 1. The summed E-state index contributed by atoms with van der Waals surface area (Å²) in [5, 5.41) is 8.68. The van der Waals surface area contributed by atoms with Gasteiger partial charge >= 0.3 is 12.1 Å². The molecule has 10 heteroatoms. The zero-order valence-electron chi connectivity index (χ0n) is 14.6. The van der Waals surface area contributed by atoms with Gasteiger partial charge in [0.05, 0.1) is 16.6 Å². The van der Waals surface area contributed by atoms with Crippen LogP contribution >= 0.6 is 0 Å². The number of alkyl halides is 3. The van der Waals surface area contributed by atoms with Crippen LogP contribution in [0.25, 0.3) is 10.9 Å². The minimum absolute atomic E-state index is 0.0619. The van der Waals surface area contributed by atoms with Gasteiger partial charge < -0.3 is 20.3 Å². The second-order valence-corrected chi connectivity index (χ2v) is 7.29. The van der Waals surface area contributed by atoms with Crippen molar-refractivity contribution in [3.8, 4) is 0 Å². The van der Waals surface area contributed by atoms with Crippen LogP contribution in [0, 0.1) is 5.82 Å². The van der Waals surface area contributed by atoms with Crippen LogP contribution in [0.4, 0.5) is 23.2 Å². The van der Waals surface area contributed by atoms with Crippen molar-refractivity contribution >= 4 is 22.6 Å². The Labute approximate surface area is 156 Å². The number of halogens is 4. The zero-order chi connectivity index (χ0) is 20.4. The van der Waals surface area contributed by atoms with Gasteiger partial charge in [-0.15, -0.1) is 0 Å². The number of fused-ring (bicyclic) bond motifs is 1. The molecule has 0 bridgehead atoms. The number of carboxylic acids is 1. The lowest BCUT2D eigenvalue weighted by molar-refractivity contribution is -0.136. The maximum Gasteiger partial charge on any atom is 0.420 e. The summed E-state index contributed by atoms with van der Waals surface area (Å²) in [6, 6.07) is -0.0187. The van der Waals surface area contributed by atoms with Gasteiger partial charge in [-0.3, -0.25) is 4.79 Å². The van der Waals surface area contributed by atoms with Crippen molar-refractivity contribution < 1.29 is 27.5 Å². The normalized spacial score (nSPS) is 20.2. The molecule has 0 spiro atoms. The van der Waals surface area contributed by atoms with Crippen molar-refractivity contribution in [1.82, 2.24) is 4.57 Å². The Morgan fingerprint density at radius 1 is 1.25 bits per heavy atom. The number of benzene rings is 1. The van der Waals surface area contributed by atoms with Crippen molar-refractivity contribution in [3.05, 3.63) is 39.4 Å². The lowest BCUT2D eigenvalue weighted by atomic mass is 10.0. The molecule has 3 N–H and O–H groups in total. The zero-order valence-corrected chi connectivity index (χ0v) is 14.6. The summed E-state index contributed by atoms with van der Waals surface area (Å²) < 4.78 is 58.4. The number of hydrogen-bond acceptors (Lipinski definition) is 4. The summed E-state index contributed by atoms with van der Waals surface area (Å²) >= 11 is 0. The molecule has 6 nitrogen and oxygen atoms in total. The standard InChI is InChI=1S/C18H17F4N3O3/c19-12-5-10-14(25(9-1-2-9)7-11(16(10)26)17(27)28)13(18(20,21)22)15(12)24-4-3-8(23)6-24/h5,7-9H,1-4,6,23H2,(H,27,28). The number of aromatic carboxylic acids is 1. The van der Waals surface area contributed by atoms with Crippen LogP contribution < -0.4 is 16.1 Å². The lowest BCUT2D eigenvalue weighted by Crippen LogP contribution is -2.30. The maximum atomic E-state index is 14.9. The third-order valence-corrected chi connectivity index (χ3v) is 5.24. The van der Waals surface area contributed by atoms with E-state index in [1.54, 1.807) is 0 Å². The topological polar surface area (TPSA) is 88.6 Å². The molecule has 0 radical (unpaired) electrons. The van der Waals surface area contributed by atoms with Gasteiger partial charge in [-0.2, -0.15) is 13.2 Å². The number of carbonyl (C=O) groups is 1. The van der Waals surface area contributed by atoms with Crippen molar-refractivity contribution in [2.45, 2.75) is 37.5 Å². The Balaban J connectivity index is 2.14. The van der Waals surface area contributed by atoms with Crippen molar-refractivity contribution in [1.29, 1.82) is 0 Å². The number of carboxylic acid groups (broad SMARTS) is 1. The Kier molecular flexibility index (Phi) is 4.14. The molecule has 2 heterocycles. The number of hydrogen-bond donors (Lipinski definition) is 2. The molecule has 2 fully saturated rings. The summed E-state index contributed by atoms with van der Waals surface area (Å²) in [5.41, 5.74) is 1.62. The van der Waals surface area contributed by atoms with Crippen LogP contribution in [-0.2, 0) is 6.18 Å².